The average molecular weight is 352 g/mol. The standard InChI is InChI=1S/C20H20N2O2S/c1-3-15-4-6-17(7-5-15)24-12-16-11-18(25-13-16)20(23)22-19-10-14(2)8-9-21-19/h4-11,13H,3,12H2,1-2H3,(H,21,22,23). The molecule has 4 nitrogen and oxygen atoms in total. The molecule has 3 rings (SSSR count). The molecule has 1 aromatic carbocycles. The Balaban J connectivity index is 1.58. The summed E-state index contributed by atoms with van der Waals surface area (Å²) in [6.07, 6.45) is 2.70. The van der Waals surface area contributed by atoms with Crippen molar-refractivity contribution in [2.45, 2.75) is 26.9 Å². The van der Waals surface area contributed by atoms with Crippen LogP contribution in [-0.2, 0) is 13.0 Å². The fourth-order valence-electron chi connectivity index (χ4n) is 2.34. The van der Waals surface area contributed by atoms with E-state index in [-0.39, 0.29) is 5.91 Å². The Labute approximate surface area is 151 Å². The Kier molecular flexibility index (Phi) is 5.46. The minimum Gasteiger partial charge on any atom is -0.489 e. The molecule has 0 aliphatic carbocycles. The number of nitrogens with zero attached hydrogens (tertiary/aromatic N) is 1. The third kappa shape index (κ3) is 4.67. The van der Waals surface area contributed by atoms with Crippen LogP contribution in [-0.4, -0.2) is 10.9 Å². The highest BCUT2D eigenvalue weighted by Gasteiger charge is 2.10. The van der Waals surface area contributed by atoms with Gasteiger partial charge in [0.2, 0.25) is 0 Å². The van der Waals surface area contributed by atoms with Gasteiger partial charge in [-0.05, 0) is 60.2 Å². The normalized spacial score (nSPS) is 10.5. The quantitative estimate of drug-likeness (QED) is 0.690. The van der Waals surface area contributed by atoms with E-state index in [1.165, 1.54) is 16.9 Å². The zero-order valence-corrected chi connectivity index (χ0v) is 15.1. The first-order valence-corrected chi connectivity index (χ1v) is 9.05. The van der Waals surface area contributed by atoms with Crippen LogP contribution in [0, 0.1) is 6.92 Å². The number of hydrogen-bond donors (Lipinski definition) is 1. The molecule has 2 aromatic heterocycles. The molecule has 0 saturated carbocycles. The SMILES string of the molecule is CCc1ccc(OCc2csc(C(=O)Nc3cc(C)ccn3)c2)cc1. The Bertz CT molecular complexity index is 856. The van der Waals surface area contributed by atoms with Crippen LogP contribution in [0.25, 0.3) is 0 Å². The number of pyridine rings is 1. The molecular weight excluding hydrogens is 332 g/mol. The van der Waals surface area contributed by atoms with Gasteiger partial charge in [-0.15, -0.1) is 11.3 Å². The number of nitrogens with one attached hydrogen (secondary N) is 1. The van der Waals surface area contributed by atoms with Crippen LogP contribution in [0.3, 0.4) is 0 Å². The van der Waals surface area contributed by atoms with E-state index in [1.807, 2.05) is 42.6 Å². The van der Waals surface area contributed by atoms with Crippen LogP contribution in [0.5, 0.6) is 5.75 Å². The highest BCUT2D eigenvalue weighted by molar-refractivity contribution is 7.12. The van der Waals surface area contributed by atoms with Gasteiger partial charge in [0.1, 0.15) is 18.2 Å². The van der Waals surface area contributed by atoms with Gasteiger partial charge in [0, 0.05) is 11.8 Å². The number of hydrogen-bond acceptors (Lipinski definition) is 4. The first-order chi connectivity index (χ1) is 12.1. The average Bonchev–Trinajstić information content (AvgIpc) is 3.09. The number of carbonyl (C=O) groups excluding carboxylic acids is 1. The monoisotopic (exact) mass is 352 g/mol. The van der Waals surface area contributed by atoms with Gasteiger partial charge < -0.3 is 10.1 Å². The minimum absolute atomic E-state index is 0.151. The number of benzene rings is 1. The summed E-state index contributed by atoms with van der Waals surface area (Å²) in [7, 11) is 0. The molecule has 2 heterocycles. The molecule has 128 valence electrons. The van der Waals surface area contributed by atoms with Gasteiger partial charge in [-0.25, -0.2) is 4.98 Å². The van der Waals surface area contributed by atoms with Gasteiger partial charge in [-0.1, -0.05) is 19.1 Å². The van der Waals surface area contributed by atoms with Crippen molar-refractivity contribution in [3.63, 3.8) is 0 Å². The number of anilines is 1. The first-order valence-electron chi connectivity index (χ1n) is 8.17. The van der Waals surface area contributed by atoms with Crippen LogP contribution in [0.4, 0.5) is 5.82 Å². The van der Waals surface area contributed by atoms with E-state index in [0.717, 1.165) is 23.3 Å². The van der Waals surface area contributed by atoms with Crippen molar-refractivity contribution in [2.24, 2.45) is 0 Å². The lowest BCUT2D eigenvalue weighted by Crippen LogP contribution is -2.11. The van der Waals surface area contributed by atoms with E-state index in [2.05, 4.69) is 29.4 Å². The fraction of sp³-hybridized carbons (Fsp3) is 0.200. The van der Waals surface area contributed by atoms with E-state index >= 15 is 0 Å². The summed E-state index contributed by atoms with van der Waals surface area (Å²) in [5, 5.41) is 4.76. The summed E-state index contributed by atoms with van der Waals surface area (Å²) in [6, 6.07) is 13.7. The predicted molar refractivity (Wildman–Crippen MR) is 101 cm³/mol. The van der Waals surface area contributed by atoms with Gasteiger partial charge in [-0.2, -0.15) is 0 Å². The minimum atomic E-state index is -0.151. The lowest BCUT2D eigenvalue weighted by molar-refractivity contribution is 0.103. The summed E-state index contributed by atoms with van der Waals surface area (Å²) in [5.41, 5.74) is 3.32. The van der Waals surface area contributed by atoms with Crippen LogP contribution in [0.2, 0.25) is 0 Å². The van der Waals surface area contributed by atoms with Gasteiger partial charge in [0.25, 0.3) is 5.91 Å². The lowest BCUT2D eigenvalue weighted by Gasteiger charge is -2.05. The molecule has 0 radical (unpaired) electrons. The van der Waals surface area contributed by atoms with Gasteiger partial charge >= 0.3 is 0 Å². The largest absolute Gasteiger partial charge is 0.489 e. The van der Waals surface area contributed by atoms with E-state index in [9.17, 15) is 4.79 Å². The molecule has 5 heteroatoms. The van der Waals surface area contributed by atoms with E-state index < -0.39 is 0 Å². The van der Waals surface area contributed by atoms with Crippen LogP contribution < -0.4 is 10.1 Å². The Hall–Kier alpha value is -2.66. The van der Waals surface area contributed by atoms with E-state index in [4.69, 9.17) is 4.74 Å². The van der Waals surface area contributed by atoms with Crippen molar-refractivity contribution in [1.82, 2.24) is 4.98 Å². The molecule has 0 fully saturated rings. The fourth-order valence-corrected chi connectivity index (χ4v) is 3.13. The third-order valence-corrected chi connectivity index (χ3v) is 4.75. The number of ether oxygens (including phenoxy) is 1. The second kappa shape index (κ2) is 7.94. The maximum absolute atomic E-state index is 12.3. The Morgan fingerprint density at radius 2 is 1.96 bits per heavy atom. The smallest absolute Gasteiger partial charge is 0.266 e. The number of aromatic nitrogens is 1. The molecule has 0 aliphatic heterocycles. The van der Waals surface area contributed by atoms with Crippen LogP contribution >= 0.6 is 11.3 Å². The number of carbonyl (C=O) groups is 1. The lowest BCUT2D eigenvalue weighted by atomic mass is 10.2. The first kappa shape index (κ1) is 17.2. The van der Waals surface area contributed by atoms with Crippen molar-refractivity contribution < 1.29 is 9.53 Å². The molecule has 0 aliphatic rings. The number of rotatable bonds is 6. The number of aryl methyl sites for hydroxylation is 2. The van der Waals surface area contributed by atoms with Crippen molar-refractivity contribution >= 4 is 23.1 Å². The number of amides is 1. The van der Waals surface area contributed by atoms with Crippen molar-refractivity contribution in [3.05, 3.63) is 75.6 Å². The van der Waals surface area contributed by atoms with Crippen LogP contribution in [0.1, 0.15) is 33.3 Å². The summed E-state index contributed by atoms with van der Waals surface area (Å²) in [6.45, 7) is 4.53. The van der Waals surface area contributed by atoms with Crippen molar-refractivity contribution in [1.29, 1.82) is 0 Å². The molecule has 3 aromatic rings. The molecule has 1 N–H and O–H groups in total. The molecule has 0 atom stereocenters. The Morgan fingerprint density at radius 3 is 2.68 bits per heavy atom. The van der Waals surface area contributed by atoms with Crippen molar-refractivity contribution in [3.8, 4) is 5.75 Å². The van der Waals surface area contributed by atoms with E-state index in [0.29, 0.717) is 17.3 Å². The van der Waals surface area contributed by atoms with Gasteiger partial charge in [0.05, 0.1) is 4.88 Å². The second-order valence-electron chi connectivity index (χ2n) is 5.78. The topological polar surface area (TPSA) is 51.2 Å². The maximum Gasteiger partial charge on any atom is 0.266 e. The zero-order chi connectivity index (χ0) is 17.6. The molecule has 0 spiro atoms. The molecule has 0 unspecified atom stereocenters. The second-order valence-corrected chi connectivity index (χ2v) is 6.69. The molecule has 25 heavy (non-hydrogen) atoms. The van der Waals surface area contributed by atoms with E-state index in [1.54, 1.807) is 6.20 Å². The summed E-state index contributed by atoms with van der Waals surface area (Å²) in [4.78, 5) is 17.1. The highest BCUT2D eigenvalue weighted by atomic mass is 32.1. The molecular formula is C20H20N2O2S. The van der Waals surface area contributed by atoms with Gasteiger partial charge in [0.15, 0.2) is 0 Å². The zero-order valence-electron chi connectivity index (χ0n) is 14.3. The molecule has 0 bridgehead atoms. The predicted octanol–water partition coefficient (Wildman–Crippen LogP) is 4.85. The highest BCUT2D eigenvalue weighted by Crippen LogP contribution is 2.19. The summed E-state index contributed by atoms with van der Waals surface area (Å²) < 4.78 is 5.78. The summed E-state index contributed by atoms with van der Waals surface area (Å²) >= 11 is 1.40. The van der Waals surface area contributed by atoms with Crippen LogP contribution in [0.15, 0.2) is 54.0 Å². The molecule has 1 amide bonds. The summed E-state index contributed by atoms with van der Waals surface area (Å²) in [5.74, 6) is 1.24. The molecule has 0 saturated heterocycles. The third-order valence-electron chi connectivity index (χ3n) is 3.77. The Morgan fingerprint density at radius 1 is 1.16 bits per heavy atom. The number of thiophene rings is 1. The van der Waals surface area contributed by atoms with Gasteiger partial charge in [-0.3, -0.25) is 4.79 Å². The van der Waals surface area contributed by atoms with Crippen molar-refractivity contribution in [2.75, 3.05) is 5.32 Å². The maximum atomic E-state index is 12.3.